The molecular weight excluding hydrogens is 413 g/mol. The summed E-state index contributed by atoms with van der Waals surface area (Å²) in [5.41, 5.74) is 2.41. The number of likely N-dealkylation sites (tertiary alicyclic amines) is 1. The molecule has 1 saturated heterocycles. The molecule has 0 amide bonds. The molecule has 2 bridgehead atoms. The molecule has 0 unspecified atom stereocenters. The van der Waals surface area contributed by atoms with E-state index in [4.69, 9.17) is 0 Å². The zero-order chi connectivity index (χ0) is 22.7. The van der Waals surface area contributed by atoms with Crippen molar-refractivity contribution in [1.82, 2.24) is 9.80 Å². The summed E-state index contributed by atoms with van der Waals surface area (Å²) in [6.07, 6.45) is 0.157. The van der Waals surface area contributed by atoms with E-state index in [1.165, 1.54) is 36.1 Å². The molecule has 5 rings (SSSR count). The minimum absolute atomic E-state index is 0.159. The zero-order valence-electron chi connectivity index (χ0n) is 18.7. The Balaban J connectivity index is 1.49. The van der Waals surface area contributed by atoms with Crippen molar-refractivity contribution >= 4 is 0 Å². The summed E-state index contributed by atoms with van der Waals surface area (Å²) < 4.78 is 39.7. The standard InChI is InChI=1S/C26H31F3N2O/c1-25-10-11-31(16-17-6-7-17)23(13-19-8-9-21(32)14-22(19)25)24(25)30(2)15-18-4-3-5-20(12-18)26(27,28)29/h3-5,8-9,12,14,17,23-24,32H,6-7,10-11,13,15-16H2,1-2H3/t23-,24-,25-/m1/s1. The first-order valence-electron chi connectivity index (χ1n) is 11.6. The third kappa shape index (κ3) is 3.92. The summed E-state index contributed by atoms with van der Waals surface area (Å²) in [7, 11) is 2.05. The Hall–Kier alpha value is -2.05. The van der Waals surface area contributed by atoms with E-state index in [1.807, 2.05) is 13.1 Å². The van der Waals surface area contributed by atoms with Gasteiger partial charge in [0.2, 0.25) is 0 Å². The summed E-state index contributed by atoms with van der Waals surface area (Å²) in [5.74, 6) is 1.07. The number of phenols is 1. The summed E-state index contributed by atoms with van der Waals surface area (Å²) in [6.45, 7) is 4.88. The van der Waals surface area contributed by atoms with Gasteiger partial charge in [0.25, 0.3) is 0 Å². The van der Waals surface area contributed by atoms with Gasteiger partial charge in [0.05, 0.1) is 5.56 Å². The van der Waals surface area contributed by atoms with Gasteiger partial charge >= 0.3 is 6.18 Å². The fourth-order valence-electron chi connectivity index (χ4n) is 6.22. The van der Waals surface area contributed by atoms with Crippen LogP contribution in [0.3, 0.4) is 0 Å². The van der Waals surface area contributed by atoms with E-state index in [9.17, 15) is 18.3 Å². The fourth-order valence-corrected chi connectivity index (χ4v) is 6.22. The number of rotatable bonds is 5. The van der Waals surface area contributed by atoms with Crippen molar-refractivity contribution < 1.29 is 18.3 Å². The van der Waals surface area contributed by atoms with Crippen molar-refractivity contribution in [3.05, 3.63) is 64.7 Å². The van der Waals surface area contributed by atoms with Gasteiger partial charge in [-0.2, -0.15) is 13.2 Å². The second-order valence-electron chi connectivity index (χ2n) is 10.3. The van der Waals surface area contributed by atoms with Crippen LogP contribution in [-0.4, -0.2) is 47.1 Å². The van der Waals surface area contributed by atoms with Gasteiger partial charge in [-0.1, -0.05) is 31.2 Å². The smallest absolute Gasteiger partial charge is 0.416 e. The number of alkyl halides is 3. The van der Waals surface area contributed by atoms with Crippen LogP contribution in [0.1, 0.15) is 48.4 Å². The number of phenolic OH excluding ortho intramolecular Hbond substituents is 1. The van der Waals surface area contributed by atoms with Crippen molar-refractivity contribution in [2.24, 2.45) is 5.92 Å². The van der Waals surface area contributed by atoms with Crippen LogP contribution in [0.15, 0.2) is 42.5 Å². The Bertz CT molecular complexity index is 1000. The van der Waals surface area contributed by atoms with Gasteiger partial charge in [-0.25, -0.2) is 0 Å². The van der Waals surface area contributed by atoms with Gasteiger partial charge in [-0.05, 0) is 80.1 Å². The predicted molar refractivity (Wildman–Crippen MR) is 119 cm³/mol. The van der Waals surface area contributed by atoms with Crippen LogP contribution in [0.4, 0.5) is 13.2 Å². The summed E-state index contributed by atoms with van der Waals surface area (Å²) in [4.78, 5) is 4.88. The fraction of sp³-hybridized carbons (Fsp3) is 0.538. The molecule has 1 heterocycles. The quantitative estimate of drug-likeness (QED) is 0.686. The lowest BCUT2D eigenvalue weighted by Gasteiger charge is -2.58. The highest BCUT2D eigenvalue weighted by atomic mass is 19.4. The molecule has 2 aliphatic carbocycles. The first-order chi connectivity index (χ1) is 15.1. The number of halogens is 3. The monoisotopic (exact) mass is 444 g/mol. The molecule has 6 heteroatoms. The van der Waals surface area contributed by atoms with E-state index >= 15 is 0 Å². The van der Waals surface area contributed by atoms with Crippen LogP contribution in [0.25, 0.3) is 0 Å². The van der Waals surface area contributed by atoms with E-state index < -0.39 is 11.7 Å². The molecule has 3 aliphatic rings. The van der Waals surface area contributed by atoms with E-state index in [0.29, 0.717) is 18.2 Å². The van der Waals surface area contributed by atoms with Crippen molar-refractivity contribution in [3.63, 3.8) is 0 Å². The number of aromatic hydroxyl groups is 1. The highest BCUT2D eigenvalue weighted by molar-refractivity contribution is 5.45. The Kier molecular flexibility index (Phi) is 5.29. The second kappa shape index (κ2) is 7.77. The molecular formula is C26H31F3N2O. The van der Waals surface area contributed by atoms with E-state index in [-0.39, 0.29) is 17.2 Å². The maximum absolute atomic E-state index is 13.2. The molecule has 1 saturated carbocycles. The predicted octanol–water partition coefficient (Wildman–Crippen LogP) is 5.21. The average Bonchev–Trinajstić information content (AvgIpc) is 3.54. The van der Waals surface area contributed by atoms with E-state index in [1.54, 1.807) is 12.1 Å². The number of benzene rings is 2. The molecule has 1 N–H and O–H groups in total. The van der Waals surface area contributed by atoms with Crippen LogP contribution in [0, 0.1) is 5.92 Å². The SMILES string of the molecule is CN(Cc1cccc(C(F)(F)F)c1)[C@@H]1[C@H]2Cc3ccc(O)cc3[C@@]1(C)CCN2CC1CC1. The maximum atomic E-state index is 13.2. The number of hydrogen-bond donors (Lipinski definition) is 1. The number of hydrogen-bond acceptors (Lipinski definition) is 3. The highest BCUT2D eigenvalue weighted by Crippen LogP contribution is 2.49. The third-order valence-corrected chi connectivity index (χ3v) is 7.89. The lowest BCUT2D eigenvalue weighted by Crippen LogP contribution is -2.67. The maximum Gasteiger partial charge on any atom is 0.416 e. The molecule has 0 aromatic heterocycles. The lowest BCUT2D eigenvalue weighted by atomic mass is 9.61. The van der Waals surface area contributed by atoms with Gasteiger partial charge in [-0.3, -0.25) is 9.80 Å². The number of piperidine rings is 1. The van der Waals surface area contributed by atoms with Crippen LogP contribution >= 0.6 is 0 Å². The van der Waals surface area contributed by atoms with Crippen molar-refractivity contribution in [3.8, 4) is 5.75 Å². The van der Waals surface area contributed by atoms with Crippen molar-refractivity contribution in [2.45, 2.75) is 62.8 Å². The van der Waals surface area contributed by atoms with Crippen LogP contribution in [-0.2, 0) is 24.6 Å². The summed E-state index contributed by atoms with van der Waals surface area (Å²) in [6, 6.07) is 11.9. The Morgan fingerprint density at radius 3 is 2.66 bits per heavy atom. The first kappa shape index (κ1) is 21.8. The Morgan fingerprint density at radius 1 is 1.16 bits per heavy atom. The van der Waals surface area contributed by atoms with E-state index in [0.717, 1.165) is 37.9 Å². The average molecular weight is 445 g/mol. The van der Waals surface area contributed by atoms with Gasteiger partial charge < -0.3 is 5.11 Å². The van der Waals surface area contributed by atoms with Crippen LogP contribution in [0.2, 0.25) is 0 Å². The topological polar surface area (TPSA) is 26.7 Å². The number of likely N-dealkylation sites (N-methyl/N-ethyl adjacent to an activating group) is 1. The van der Waals surface area contributed by atoms with Crippen LogP contribution < -0.4 is 0 Å². The molecule has 32 heavy (non-hydrogen) atoms. The van der Waals surface area contributed by atoms with Gasteiger partial charge in [0.1, 0.15) is 5.75 Å². The normalized spacial score (nSPS) is 28.1. The molecule has 1 aliphatic heterocycles. The molecule has 2 aromatic carbocycles. The molecule has 3 atom stereocenters. The second-order valence-corrected chi connectivity index (χ2v) is 10.3. The molecule has 0 spiro atoms. The Labute approximate surface area is 187 Å². The number of nitrogens with zero attached hydrogens (tertiary/aromatic N) is 2. The Morgan fingerprint density at radius 2 is 1.94 bits per heavy atom. The van der Waals surface area contributed by atoms with Crippen LogP contribution in [0.5, 0.6) is 5.75 Å². The molecule has 2 aromatic rings. The molecule has 2 fully saturated rings. The van der Waals surface area contributed by atoms with Gasteiger partial charge in [0, 0.05) is 30.6 Å². The van der Waals surface area contributed by atoms with Crippen molar-refractivity contribution in [2.75, 3.05) is 20.1 Å². The highest BCUT2D eigenvalue weighted by Gasteiger charge is 2.52. The molecule has 172 valence electrons. The first-order valence-corrected chi connectivity index (χ1v) is 11.6. The minimum Gasteiger partial charge on any atom is -0.508 e. The summed E-state index contributed by atoms with van der Waals surface area (Å²) >= 11 is 0. The van der Waals surface area contributed by atoms with Crippen molar-refractivity contribution in [1.29, 1.82) is 0 Å². The lowest BCUT2D eigenvalue weighted by molar-refractivity contribution is -0.137. The van der Waals surface area contributed by atoms with E-state index in [2.05, 4.69) is 22.8 Å². The number of fused-ring (bicyclic) bond motifs is 4. The van der Waals surface area contributed by atoms with Gasteiger partial charge in [-0.15, -0.1) is 0 Å². The molecule has 0 radical (unpaired) electrons. The summed E-state index contributed by atoms with van der Waals surface area (Å²) in [5, 5.41) is 10.2. The van der Waals surface area contributed by atoms with Gasteiger partial charge in [0.15, 0.2) is 0 Å². The minimum atomic E-state index is -4.33. The zero-order valence-corrected chi connectivity index (χ0v) is 18.7. The largest absolute Gasteiger partial charge is 0.508 e. The molecule has 3 nitrogen and oxygen atoms in total. The third-order valence-electron chi connectivity index (χ3n) is 7.89.